The molecule has 4 amide bonds. The summed E-state index contributed by atoms with van der Waals surface area (Å²) in [5.74, 6) is -1.40. The molecule has 2 heterocycles. The van der Waals surface area contributed by atoms with Gasteiger partial charge in [0, 0.05) is 17.1 Å². The zero-order chi connectivity index (χ0) is 23.0. The summed E-state index contributed by atoms with van der Waals surface area (Å²) in [6.45, 7) is 5.59. The number of para-hydroxylation sites is 1. The normalized spacial score (nSPS) is 15.1. The first kappa shape index (κ1) is 20.8. The van der Waals surface area contributed by atoms with Crippen LogP contribution in [0, 0.1) is 32.1 Å². The molecule has 0 spiro atoms. The maximum atomic E-state index is 13.2. The number of rotatable bonds is 3. The zero-order valence-electron chi connectivity index (χ0n) is 17.8. The first-order chi connectivity index (χ1) is 15.3. The van der Waals surface area contributed by atoms with Crippen molar-refractivity contribution in [2.75, 3.05) is 4.90 Å². The lowest BCUT2D eigenvalue weighted by atomic mass is 10.1. The summed E-state index contributed by atoms with van der Waals surface area (Å²) < 4.78 is 1.98. The summed E-state index contributed by atoms with van der Waals surface area (Å²) >= 11 is 0. The van der Waals surface area contributed by atoms with Crippen LogP contribution < -0.4 is 10.2 Å². The number of hydrogen-bond donors (Lipinski definition) is 1. The lowest BCUT2D eigenvalue weighted by Crippen LogP contribution is -2.54. The summed E-state index contributed by atoms with van der Waals surface area (Å²) in [6, 6.07) is 17.3. The summed E-state index contributed by atoms with van der Waals surface area (Å²) in [6.07, 6.45) is 1.51. The van der Waals surface area contributed by atoms with Gasteiger partial charge in [-0.1, -0.05) is 18.2 Å². The molecule has 2 aromatic carbocycles. The van der Waals surface area contributed by atoms with Crippen LogP contribution >= 0.6 is 0 Å². The number of anilines is 1. The van der Waals surface area contributed by atoms with E-state index in [9.17, 15) is 14.4 Å². The Labute approximate surface area is 185 Å². The molecule has 0 unspecified atom stereocenters. The lowest BCUT2D eigenvalue weighted by Gasteiger charge is -2.27. The van der Waals surface area contributed by atoms with Crippen LogP contribution in [0.5, 0.6) is 0 Å². The highest BCUT2D eigenvalue weighted by atomic mass is 16.2. The average molecular weight is 424 g/mol. The number of carbonyl (C=O) groups excluding carboxylic acids is 3. The Morgan fingerprint density at radius 2 is 1.66 bits per heavy atom. The van der Waals surface area contributed by atoms with Crippen molar-refractivity contribution in [2.24, 2.45) is 0 Å². The van der Waals surface area contributed by atoms with Crippen LogP contribution in [0.1, 0.15) is 28.1 Å². The van der Waals surface area contributed by atoms with Crippen LogP contribution in [0.2, 0.25) is 0 Å². The van der Waals surface area contributed by atoms with Crippen LogP contribution in [0.25, 0.3) is 11.8 Å². The number of nitrogens with one attached hydrogen (secondary N) is 1. The molecule has 0 radical (unpaired) electrons. The van der Waals surface area contributed by atoms with Crippen molar-refractivity contribution in [3.05, 3.63) is 88.2 Å². The van der Waals surface area contributed by atoms with Gasteiger partial charge in [0.05, 0.1) is 17.3 Å². The van der Waals surface area contributed by atoms with Gasteiger partial charge < -0.3 is 4.57 Å². The van der Waals surface area contributed by atoms with E-state index in [1.165, 1.54) is 6.08 Å². The quantitative estimate of drug-likeness (QED) is 0.509. The minimum atomic E-state index is -0.769. The van der Waals surface area contributed by atoms with Gasteiger partial charge in [-0.05, 0) is 74.4 Å². The molecule has 1 aliphatic rings. The molecule has 1 aliphatic heterocycles. The van der Waals surface area contributed by atoms with Crippen molar-refractivity contribution in [3.63, 3.8) is 0 Å². The molecular formula is C25H20N4O3. The minimum absolute atomic E-state index is 0.118. The number of aryl methyl sites for hydroxylation is 2. The second kappa shape index (κ2) is 8.00. The number of imide groups is 2. The molecule has 7 nitrogen and oxygen atoms in total. The highest BCUT2D eigenvalue weighted by molar-refractivity contribution is 6.39. The third-order valence-electron chi connectivity index (χ3n) is 5.48. The second-order valence-corrected chi connectivity index (χ2v) is 7.56. The molecule has 3 aromatic rings. The van der Waals surface area contributed by atoms with E-state index in [-0.39, 0.29) is 5.57 Å². The number of nitriles is 1. The SMILES string of the molecule is Cc1ccccc1N1C(=O)NC(=O)C(=Cc2cc(C)n(-c3ccc(C#N)cc3)c2C)C1=O. The number of carbonyl (C=O) groups is 3. The fourth-order valence-electron chi connectivity index (χ4n) is 3.86. The highest BCUT2D eigenvalue weighted by Crippen LogP contribution is 2.27. The molecule has 7 heteroatoms. The van der Waals surface area contributed by atoms with Crippen molar-refractivity contribution in [1.82, 2.24) is 9.88 Å². The largest absolute Gasteiger partial charge is 0.335 e. The van der Waals surface area contributed by atoms with Gasteiger partial charge in [0.1, 0.15) is 5.57 Å². The Bertz CT molecular complexity index is 1340. The number of benzene rings is 2. The van der Waals surface area contributed by atoms with E-state index in [1.807, 2.05) is 42.7 Å². The molecule has 4 rings (SSSR count). The fraction of sp³-hybridized carbons (Fsp3) is 0.120. The maximum Gasteiger partial charge on any atom is 0.335 e. The number of aromatic nitrogens is 1. The number of barbiturate groups is 1. The molecule has 0 atom stereocenters. The average Bonchev–Trinajstić information content (AvgIpc) is 3.05. The van der Waals surface area contributed by atoms with Crippen molar-refractivity contribution < 1.29 is 14.4 Å². The molecule has 0 saturated carbocycles. The second-order valence-electron chi connectivity index (χ2n) is 7.56. The maximum absolute atomic E-state index is 13.2. The Morgan fingerprint density at radius 1 is 0.969 bits per heavy atom. The van der Waals surface area contributed by atoms with E-state index in [4.69, 9.17) is 5.26 Å². The molecule has 1 fully saturated rings. The minimum Gasteiger partial charge on any atom is -0.318 e. The number of nitrogens with zero attached hydrogens (tertiary/aromatic N) is 3. The Hall–Kier alpha value is -4.44. The Kier molecular flexibility index (Phi) is 5.21. The van der Waals surface area contributed by atoms with Crippen LogP contribution in [-0.2, 0) is 9.59 Å². The van der Waals surface area contributed by atoms with E-state index in [2.05, 4.69) is 11.4 Å². The van der Waals surface area contributed by atoms with Gasteiger partial charge in [-0.3, -0.25) is 14.9 Å². The summed E-state index contributed by atoms with van der Waals surface area (Å²) in [5, 5.41) is 11.3. The first-order valence-electron chi connectivity index (χ1n) is 9.98. The van der Waals surface area contributed by atoms with Crippen molar-refractivity contribution in [2.45, 2.75) is 20.8 Å². The van der Waals surface area contributed by atoms with Crippen molar-refractivity contribution in [3.8, 4) is 11.8 Å². The predicted molar refractivity (Wildman–Crippen MR) is 120 cm³/mol. The van der Waals surface area contributed by atoms with Gasteiger partial charge in [0.15, 0.2) is 0 Å². The van der Waals surface area contributed by atoms with E-state index in [0.29, 0.717) is 16.8 Å². The van der Waals surface area contributed by atoms with Crippen molar-refractivity contribution >= 4 is 29.6 Å². The molecule has 1 N–H and O–H groups in total. The predicted octanol–water partition coefficient (Wildman–Crippen LogP) is 3.94. The van der Waals surface area contributed by atoms with Gasteiger partial charge in [0.2, 0.25) is 0 Å². The molecule has 32 heavy (non-hydrogen) atoms. The van der Waals surface area contributed by atoms with Gasteiger partial charge in [-0.15, -0.1) is 0 Å². The van der Waals surface area contributed by atoms with Crippen molar-refractivity contribution in [1.29, 1.82) is 5.26 Å². The number of hydrogen-bond acceptors (Lipinski definition) is 4. The van der Waals surface area contributed by atoms with Crippen LogP contribution in [0.15, 0.2) is 60.2 Å². The number of urea groups is 1. The van der Waals surface area contributed by atoms with Crippen LogP contribution in [0.3, 0.4) is 0 Å². The van der Waals surface area contributed by atoms with E-state index in [0.717, 1.165) is 27.5 Å². The topological polar surface area (TPSA) is 95.2 Å². The third-order valence-corrected chi connectivity index (χ3v) is 5.48. The van der Waals surface area contributed by atoms with Gasteiger partial charge >= 0.3 is 6.03 Å². The van der Waals surface area contributed by atoms with Gasteiger partial charge in [-0.25, -0.2) is 9.69 Å². The molecule has 0 aliphatic carbocycles. The third kappa shape index (κ3) is 3.48. The summed E-state index contributed by atoms with van der Waals surface area (Å²) in [4.78, 5) is 39.2. The molecule has 1 saturated heterocycles. The van der Waals surface area contributed by atoms with E-state index in [1.54, 1.807) is 37.3 Å². The van der Waals surface area contributed by atoms with E-state index >= 15 is 0 Å². The van der Waals surface area contributed by atoms with Crippen LogP contribution in [-0.4, -0.2) is 22.4 Å². The summed E-state index contributed by atoms with van der Waals surface area (Å²) in [7, 11) is 0. The zero-order valence-corrected chi connectivity index (χ0v) is 17.8. The fourth-order valence-corrected chi connectivity index (χ4v) is 3.86. The summed E-state index contributed by atoms with van der Waals surface area (Å²) in [5.41, 5.74) is 4.87. The smallest absolute Gasteiger partial charge is 0.318 e. The first-order valence-corrected chi connectivity index (χ1v) is 9.98. The molecule has 0 bridgehead atoms. The molecular weight excluding hydrogens is 404 g/mol. The Morgan fingerprint density at radius 3 is 2.31 bits per heavy atom. The van der Waals surface area contributed by atoms with E-state index < -0.39 is 17.8 Å². The number of amides is 4. The monoisotopic (exact) mass is 424 g/mol. The standard InChI is InChI=1S/C25H20N4O3/c1-15-6-4-5-7-22(15)29-24(31)21(23(30)27-25(29)32)13-19-12-16(2)28(17(19)3)20-10-8-18(14-26)9-11-20/h4-13H,1-3H3,(H,27,30,32). The Balaban J connectivity index is 1.77. The molecule has 1 aromatic heterocycles. The molecule has 158 valence electrons. The van der Waals surface area contributed by atoms with Gasteiger partial charge in [-0.2, -0.15) is 5.26 Å². The van der Waals surface area contributed by atoms with Gasteiger partial charge in [0.25, 0.3) is 11.8 Å². The lowest BCUT2D eigenvalue weighted by molar-refractivity contribution is -0.122. The van der Waals surface area contributed by atoms with Crippen LogP contribution in [0.4, 0.5) is 10.5 Å². The highest BCUT2D eigenvalue weighted by Gasteiger charge is 2.37.